The Balaban J connectivity index is 2.16. The molecule has 0 unspecified atom stereocenters. The van der Waals surface area contributed by atoms with Crippen LogP contribution in [0.2, 0.25) is 10.0 Å². The van der Waals surface area contributed by atoms with Crippen molar-refractivity contribution in [3.8, 4) is 11.5 Å². The molecule has 0 atom stereocenters. The van der Waals surface area contributed by atoms with Crippen LogP contribution >= 0.6 is 35.4 Å². The molecule has 0 amide bonds. The predicted molar refractivity (Wildman–Crippen MR) is 116 cm³/mol. The number of halogens is 2. The zero-order chi connectivity index (χ0) is 20.5. The number of nitrogens with zero attached hydrogens (tertiary/aromatic N) is 1. The molecule has 148 valence electrons. The van der Waals surface area contributed by atoms with Crippen molar-refractivity contribution in [1.29, 1.82) is 0 Å². The van der Waals surface area contributed by atoms with Crippen molar-refractivity contribution >= 4 is 52.7 Å². The van der Waals surface area contributed by atoms with Gasteiger partial charge in [0.05, 0.1) is 23.4 Å². The molecule has 0 heterocycles. The van der Waals surface area contributed by atoms with Gasteiger partial charge in [-0.1, -0.05) is 23.2 Å². The molecule has 0 radical (unpaired) electrons. The zero-order valence-corrected chi connectivity index (χ0v) is 17.6. The van der Waals surface area contributed by atoms with Crippen LogP contribution in [0.4, 0.5) is 0 Å². The quantitative estimate of drug-likeness (QED) is 0.218. The third kappa shape index (κ3) is 6.37. The minimum atomic E-state index is -0.610. The Morgan fingerprint density at radius 1 is 1.18 bits per heavy atom. The van der Waals surface area contributed by atoms with E-state index in [2.05, 4.69) is 15.8 Å². The predicted octanol–water partition coefficient (Wildman–Crippen LogP) is 4.43. The number of esters is 1. The molecule has 2 rings (SSSR count). The number of carbonyl (C=O) groups is 1. The van der Waals surface area contributed by atoms with Crippen LogP contribution in [0.15, 0.2) is 41.5 Å². The van der Waals surface area contributed by atoms with Gasteiger partial charge in [0.2, 0.25) is 0 Å². The second-order valence-electron chi connectivity index (χ2n) is 5.38. The summed E-state index contributed by atoms with van der Waals surface area (Å²) in [6.45, 7) is 4.87. The van der Waals surface area contributed by atoms with Crippen molar-refractivity contribution in [2.45, 2.75) is 13.8 Å². The zero-order valence-electron chi connectivity index (χ0n) is 15.3. The number of hydrogen-bond donors (Lipinski definition) is 2. The molecule has 0 aliphatic carbocycles. The molecule has 2 aromatic rings. The van der Waals surface area contributed by atoms with E-state index in [0.717, 1.165) is 5.56 Å². The lowest BCUT2D eigenvalue weighted by Crippen LogP contribution is -2.31. The summed E-state index contributed by atoms with van der Waals surface area (Å²) in [4.78, 5) is 12.4. The molecule has 0 aromatic heterocycles. The van der Waals surface area contributed by atoms with Gasteiger partial charge < -0.3 is 14.8 Å². The molecule has 0 aliphatic heterocycles. The Labute approximate surface area is 178 Å². The SMILES string of the molecule is CCNC(=S)N/N=C/c1ccc(OC(=O)c2ccc(Cl)cc2Cl)c(OCC)c1. The van der Waals surface area contributed by atoms with Gasteiger partial charge in [0.15, 0.2) is 16.6 Å². The molecule has 0 aliphatic rings. The molecule has 2 N–H and O–H groups in total. The summed E-state index contributed by atoms with van der Waals surface area (Å²) in [5.74, 6) is 0.0620. The van der Waals surface area contributed by atoms with E-state index in [1.54, 1.807) is 30.5 Å². The maximum atomic E-state index is 12.4. The number of nitrogens with one attached hydrogen (secondary N) is 2. The fraction of sp³-hybridized carbons (Fsp3) is 0.211. The summed E-state index contributed by atoms with van der Waals surface area (Å²) in [5, 5.41) is 8.04. The van der Waals surface area contributed by atoms with Crippen molar-refractivity contribution in [1.82, 2.24) is 10.7 Å². The average Bonchev–Trinajstić information content (AvgIpc) is 2.64. The summed E-state index contributed by atoms with van der Waals surface area (Å²) < 4.78 is 11.0. The van der Waals surface area contributed by atoms with E-state index in [9.17, 15) is 4.79 Å². The number of hydrogen-bond acceptors (Lipinski definition) is 5. The smallest absolute Gasteiger partial charge is 0.345 e. The third-order valence-corrected chi connectivity index (χ3v) is 4.12. The van der Waals surface area contributed by atoms with Gasteiger partial charge >= 0.3 is 5.97 Å². The highest BCUT2D eigenvalue weighted by molar-refractivity contribution is 7.80. The highest BCUT2D eigenvalue weighted by Crippen LogP contribution is 2.30. The van der Waals surface area contributed by atoms with Crippen LogP contribution in [-0.4, -0.2) is 30.4 Å². The normalized spacial score (nSPS) is 10.6. The lowest BCUT2D eigenvalue weighted by Gasteiger charge is -2.12. The maximum absolute atomic E-state index is 12.4. The second kappa shape index (κ2) is 10.8. The van der Waals surface area contributed by atoms with Crippen LogP contribution in [0.25, 0.3) is 0 Å². The van der Waals surface area contributed by atoms with Crippen LogP contribution in [-0.2, 0) is 0 Å². The summed E-state index contributed by atoms with van der Waals surface area (Å²) in [7, 11) is 0. The summed E-state index contributed by atoms with van der Waals surface area (Å²) >= 11 is 17.0. The maximum Gasteiger partial charge on any atom is 0.345 e. The molecular weight excluding hydrogens is 421 g/mol. The van der Waals surface area contributed by atoms with Crippen molar-refractivity contribution in [2.24, 2.45) is 5.10 Å². The van der Waals surface area contributed by atoms with Gasteiger partial charge in [-0.25, -0.2) is 4.79 Å². The van der Waals surface area contributed by atoms with Crippen LogP contribution in [0.5, 0.6) is 11.5 Å². The third-order valence-electron chi connectivity index (χ3n) is 3.34. The van der Waals surface area contributed by atoms with Crippen molar-refractivity contribution in [3.05, 3.63) is 57.6 Å². The standard InChI is InChI=1S/C19H19Cl2N3O3S/c1-3-22-19(28)24-23-11-12-5-8-16(17(9-12)26-4-2)27-18(25)14-7-6-13(20)10-15(14)21/h5-11H,3-4H2,1-2H3,(H2,22,24,28)/b23-11+. The lowest BCUT2D eigenvalue weighted by molar-refractivity contribution is 0.0728. The fourth-order valence-corrected chi connectivity index (χ4v) is 2.82. The number of carbonyl (C=O) groups excluding carboxylic acids is 1. The first-order valence-corrected chi connectivity index (χ1v) is 9.62. The van der Waals surface area contributed by atoms with Crippen molar-refractivity contribution in [2.75, 3.05) is 13.2 Å². The van der Waals surface area contributed by atoms with Crippen LogP contribution < -0.4 is 20.2 Å². The van der Waals surface area contributed by atoms with E-state index in [1.165, 1.54) is 12.1 Å². The van der Waals surface area contributed by atoms with E-state index in [1.807, 2.05) is 13.8 Å². The van der Waals surface area contributed by atoms with Gasteiger partial charge in [-0.3, -0.25) is 5.43 Å². The number of benzene rings is 2. The van der Waals surface area contributed by atoms with Crippen LogP contribution in [0.3, 0.4) is 0 Å². The Kier molecular flexibility index (Phi) is 8.50. The van der Waals surface area contributed by atoms with Crippen LogP contribution in [0.1, 0.15) is 29.8 Å². The largest absolute Gasteiger partial charge is 0.490 e. The molecule has 0 saturated heterocycles. The van der Waals surface area contributed by atoms with Gasteiger partial charge in [-0.05, 0) is 68.0 Å². The molecule has 0 bridgehead atoms. The van der Waals surface area contributed by atoms with Gasteiger partial charge in [0, 0.05) is 11.6 Å². The molecule has 6 nitrogen and oxygen atoms in total. The number of thiocarbonyl (C=S) groups is 1. The first-order chi connectivity index (χ1) is 13.4. The average molecular weight is 440 g/mol. The molecule has 0 spiro atoms. The molecular formula is C19H19Cl2N3O3S. The van der Waals surface area contributed by atoms with Gasteiger partial charge in [0.25, 0.3) is 0 Å². The van der Waals surface area contributed by atoms with Gasteiger partial charge in [-0.15, -0.1) is 0 Å². The minimum absolute atomic E-state index is 0.209. The Bertz CT molecular complexity index is 891. The summed E-state index contributed by atoms with van der Waals surface area (Å²) in [6, 6.07) is 9.61. The van der Waals surface area contributed by atoms with Gasteiger partial charge in [0.1, 0.15) is 0 Å². The van der Waals surface area contributed by atoms with E-state index in [4.69, 9.17) is 44.9 Å². The summed E-state index contributed by atoms with van der Waals surface area (Å²) in [5.41, 5.74) is 3.65. The molecule has 0 saturated carbocycles. The lowest BCUT2D eigenvalue weighted by atomic mass is 10.2. The fourth-order valence-electron chi connectivity index (χ4n) is 2.13. The van der Waals surface area contributed by atoms with E-state index >= 15 is 0 Å². The van der Waals surface area contributed by atoms with Gasteiger partial charge in [-0.2, -0.15) is 5.10 Å². The second-order valence-corrected chi connectivity index (χ2v) is 6.63. The Hall–Kier alpha value is -2.35. The number of rotatable bonds is 7. The van der Waals surface area contributed by atoms with Crippen molar-refractivity contribution in [3.63, 3.8) is 0 Å². The number of hydrazone groups is 1. The molecule has 28 heavy (non-hydrogen) atoms. The topological polar surface area (TPSA) is 72.0 Å². The van der Waals surface area contributed by atoms with E-state index < -0.39 is 5.97 Å². The van der Waals surface area contributed by atoms with E-state index in [0.29, 0.717) is 29.0 Å². The molecule has 9 heteroatoms. The first-order valence-electron chi connectivity index (χ1n) is 8.45. The molecule has 2 aromatic carbocycles. The van der Waals surface area contributed by atoms with Crippen LogP contribution in [0, 0.1) is 0 Å². The number of ether oxygens (including phenoxy) is 2. The first kappa shape index (κ1) is 21.9. The molecule has 0 fully saturated rings. The summed E-state index contributed by atoms with van der Waals surface area (Å²) in [6.07, 6.45) is 1.58. The van der Waals surface area contributed by atoms with E-state index in [-0.39, 0.29) is 16.3 Å². The monoisotopic (exact) mass is 439 g/mol. The highest BCUT2D eigenvalue weighted by Gasteiger charge is 2.16. The Morgan fingerprint density at radius 2 is 1.96 bits per heavy atom. The minimum Gasteiger partial charge on any atom is -0.490 e. The Morgan fingerprint density at radius 3 is 2.64 bits per heavy atom. The van der Waals surface area contributed by atoms with Crippen molar-refractivity contribution < 1.29 is 14.3 Å². The highest BCUT2D eigenvalue weighted by atomic mass is 35.5.